The Hall–Kier alpha value is -2.18. The van der Waals surface area contributed by atoms with Gasteiger partial charge >= 0.3 is 0 Å². The standard InChI is InChI=1S/C18H21NO4S/c1-15(23-14-16-8-4-2-5-9-16)18(20)19-12-13-24(21,22)17-10-6-3-7-11-17/h2-11,15H,12-14H2,1H3,(H,19,20). The van der Waals surface area contributed by atoms with E-state index in [4.69, 9.17) is 4.74 Å². The van der Waals surface area contributed by atoms with Crippen molar-refractivity contribution >= 4 is 15.7 Å². The van der Waals surface area contributed by atoms with Gasteiger partial charge < -0.3 is 10.1 Å². The van der Waals surface area contributed by atoms with E-state index in [9.17, 15) is 13.2 Å². The van der Waals surface area contributed by atoms with Crippen LogP contribution in [0.25, 0.3) is 0 Å². The van der Waals surface area contributed by atoms with Crippen molar-refractivity contribution in [2.75, 3.05) is 12.3 Å². The molecule has 6 heteroatoms. The van der Waals surface area contributed by atoms with E-state index in [0.717, 1.165) is 5.56 Å². The molecule has 1 N–H and O–H groups in total. The number of benzene rings is 2. The Kier molecular flexibility index (Phi) is 6.52. The van der Waals surface area contributed by atoms with Crippen LogP contribution in [0.1, 0.15) is 12.5 Å². The van der Waals surface area contributed by atoms with E-state index in [2.05, 4.69) is 5.32 Å². The average molecular weight is 347 g/mol. The molecule has 0 aromatic heterocycles. The Bertz CT molecular complexity index is 745. The number of nitrogens with one attached hydrogen (secondary N) is 1. The number of ether oxygens (including phenoxy) is 1. The van der Waals surface area contributed by atoms with Crippen molar-refractivity contribution in [3.05, 3.63) is 66.2 Å². The Labute approximate surface area is 142 Å². The van der Waals surface area contributed by atoms with E-state index in [1.54, 1.807) is 37.3 Å². The zero-order valence-electron chi connectivity index (χ0n) is 13.5. The molecular formula is C18H21NO4S. The minimum absolute atomic E-state index is 0.0507. The van der Waals surface area contributed by atoms with Crippen LogP contribution in [0.5, 0.6) is 0 Å². The maximum Gasteiger partial charge on any atom is 0.248 e. The summed E-state index contributed by atoms with van der Waals surface area (Å²) in [6.07, 6.45) is -0.648. The predicted octanol–water partition coefficient (Wildman–Crippen LogP) is 2.18. The van der Waals surface area contributed by atoms with Crippen molar-refractivity contribution < 1.29 is 17.9 Å². The molecule has 0 radical (unpaired) electrons. The third-order valence-corrected chi connectivity index (χ3v) is 5.22. The Balaban J connectivity index is 1.76. The van der Waals surface area contributed by atoms with E-state index in [-0.39, 0.29) is 23.1 Å². The molecule has 0 aliphatic carbocycles. The molecule has 0 aliphatic heterocycles. The fourth-order valence-corrected chi connectivity index (χ4v) is 3.25. The van der Waals surface area contributed by atoms with Gasteiger partial charge in [-0.15, -0.1) is 0 Å². The average Bonchev–Trinajstić information content (AvgIpc) is 2.61. The first-order valence-electron chi connectivity index (χ1n) is 7.70. The maximum absolute atomic E-state index is 12.1. The summed E-state index contributed by atoms with van der Waals surface area (Å²) >= 11 is 0. The summed E-state index contributed by atoms with van der Waals surface area (Å²) in [6.45, 7) is 2.02. The summed E-state index contributed by atoms with van der Waals surface area (Å²) in [5, 5.41) is 2.60. The Morgan fingerprint density at radius 3 is 2.25 bits per heavy atom. The molecule has 24 heavy (non-hydrogen) atoms. The smallest absolute Gasteiger partial charge is 0.248 e. The Morgan fingerprint density at radius 1 is 1.04 bits per heavy atom. The number of sulfone groups is 1. The van der Waals surface area contributed by atoms with Crippen molar-refractivity contribution in [1.29, 1.82) is 0 Å². The van der Waals surface area contributed by atoms with Crippen molar-refractivity contribution in [2.24, 2.45) is 0 Å². The molecule has 1 unspecified atom stereocenters. The fourth-order valence-electron chi connectivity index (χ4n) is 2.07. The van der Waals surface area contributed by atoms with E-state index in [1.165, 1.54) is 0 Å². The number of hydrogen-bond donors (Lipinski definition) is 1. The normalized spacial score (nSPS) is 12.5. The third-order valence-electron chi connectivity index (χ3n) is 3.48. The molecule has 0 fully saturated rings. The molecule has 2 aromatic carbocycles. The highest BCUT2D eigenvalue weighted by molar-refractivity contribution is 7.91. The first-order valence-corrected chi connectivity index (χ1v) is 9.35. The molecule has 0 spiro atoms. The minimum atomic E-state index is -3.39. The molecular weight excluding hydrogens is 326 g/mol. The molecule has 2 aromatic rings. The van der Waals surface area contributed by atoms with Gasteiger partial charge in [-0.05, 0) is 24.6 Å². The lowest BCUT2D eigenvalue weighted by molar-refractivity contribution is -0.132. The van der Waals surface area contributed by atoms with Crippen LogP contribution in [0.2, 0.25) is 0 Å². The van der Waals surface area contributed by atoms with Gasteiger partial charge in [-0.2, -0.15) is 0 Å². The molecule has 1 amide bonds. The van der Waals surface area contributed by atoms with Crippen LogP contribution in [-0.4, -0.2) is 32.7 Å². The second-order valence-electron chi connectivity index (χ2n) is 5.36. The van der Waals surface area contributed by atoms with E-state index in [0.29, 0.717) is 6.61 Å². The molecule has 0 saturated heterocycles. The molecule has 1 atom stereocenters. The number of carbonyl (C=O) groups is 1. The van der Waals surface area contributed by atoms with Crippen LogP contribution in [0.15, 0.2) is 65.6 Å². The lowest BCUT2D eigenvalue weighted by Crippen LogP contribution is -2.37. The van der Waals surface area contributed by atoms with Gasteiger partial charge in [-0.3, -0.25) is 4.79 Å². The SMILES string of the molecule is CC(OCc1ccccc1)C(=O)NCCS(=O)(=O)c1ccccc1. The third kappa shape index (κ3) is 5.47. The monoisotopic (exact) mass is 347 g/mol. The van der Waals surface area contributed by atoms with Crippen molar-refractivity contribution in [3.8, 4) is 0 Å². The van der Waals surface area contributed by atoms with E-state index < -0.39 is 15.9 Å². The number of hydrogen-bond acceptors (Lipinski definition) is 4. The minimum Gasteiger partial charge on any atom is -0.364 e. The van der Waals surface area contributed by atoms with Crippen LogP contribution in [0.4, 0.5) is 0 Å². The highest BCUT2D eigenvalue weighted by atomic mass is 32.2. The number of carbonyl (C=O) groups excluding carboxylic acids is 1. The summed E-state index contributed by atoms with van der Waals surface area (Å²) in [5.74, 6) is -0.470. The molecule has 128 valence electrons. The molecule has 0 aliphatic rings. The molecule has 0 bridgehead atoms. The largest absolute Gasteiger partial charge is 0.364 e. The number of amides is 1. The summed E-state index contributed by atoms with van der Waals surface area (Å²) in [6, 6.07) is 17.7. The second-order valence-corrected chi connectivity index (χ2v) is 7.47. The van der Waals surface area contributed by atoms with Crippen LogP contribution in [0.3, 0.4) is 0 Å². The van der Waals surface area contributed by atoms with Gasteiger partial charge in [-0.25, -0.2) is 8.42 Å². The highest BCUT2D eigenvalue weighted by Crippen LogP contribution is 2.09. The van der Waals surface area contributed by atoms with Gasteiger partial charge in [0.25, 0.3) is 0 Å². The van der Waals surface area contributed by atoms with Crippen LogP contribution in [0, 0.1) is 0 Å². The van der Waals surface area contributed by atoms with E-state index in [1.807, 2.05) is 30.3 Å². The van der Waals surface area contributed by atoms with Gasteiger partial charge in [0.1, 0.15) is 6.10 Å². The van der Waals surface area contributed by atoms with Crippen molar-refractivity contribution in [1.82, 2.24) is 5.32 Å². The van der Waals surface area contributed by atoms with Crippen molar-refractivity contribution in [2.45, 2.75) is 24.5 Å². The first-order chi connectivity index (χ1) is 11.5. The van der Waals surface area contributed by atoms with E-state index >= 15 is 0 Å². The topological polar surface area (TPSA) is 72.5 Å². The molecule has 0 saturated carbocycles. The summed E-state index contributed by atoms with van der Waals surface area (Å²) in [5.41, 5.74) is 0.976. The summed E-state index contributed by atoms with van der Waals surface area (Å²) in [4.78, 5) is 12.2. The number of rotatable bonds is 8. The van der Waals surface area contributed by atoms with Gasteiger partial charge in [0.2, 0.25) is 5.91 Å². The van der Waals surface area contributed by atoms with Crippen LogP contribution >= 0.6 is 0 Å². The van der Waals surface area contributed by atoms with Crippen LogP contribution < -0.4 is 5.32 Å². The fraction of sp³-hybridized carbons (Fsp3) is 0.278. The second kappa shape index (κ2) is 8.61. The molecule has 0 heterocycles. The maximum atomic E-state index is 12.1. The zero-order valence-corrected chi connectivity index (χ0v) is 14.3. The van der Waals surface area contributed by atoms with Crippen LogP contribution in [-0.2, 0) is 26.0 Å². The van der Waals surface area contributed by atoms with Gasteiger partial charge in [0.15, 0.2) is 9.84 Å². The highest BCUT2D eigenvalue weighted by Gasteiger charge is 2.17. The lowest BCUT2D eigenvalue weighted by atomic mass is 10.2. The van der Waals surface area contributed by atoms with Gasteiger partial charge in [-0.1, -0.05) is 48.5 Å². The molecule has 2 rings (SSSR count). The predicted molar refractivity (Wildman–Crippen MR) is 92.2 cm³/mol. The quantitative estimate of drug-likeness (QED) is 0.794. The van der Waals surface area contributed by atoms with Gasteiger partial charge in [0, 0.05) is 6.54 Å². The zero-order chi connectivity index (χ0) is 17.4. The summed E-state index contributed by atoms with van der Waals surface area (Å²) in [7, 11) is -3.39. The first kappa shape index (κ1) is 18.2. The van der Waals surface area contributed by atoms with Crippen molar-refractivity contribution in [3.63, 3.8) is 0 Å². The Morgan fingerprint density at radius 2 is 1.62 bits per heavy atom. The summed E-state index contributed by atoms with van der Waals surface area (Å²) < 4.78 is 29.7. The lowest BCUT2D eigenvalue weighted by Gasteiger charge is -2.13. The molecule has 5 nitrogen and oxygen atoms in total. The van der Waals surface area contributed by atoms with Gasteiger partial charge in [0.05, 0.1) is 17.3 Å².